The van der Waals surface area contributed by atoms with Crippen LogP contribution in [-0.2, 0) is 9.53 Å². The van der Waals surface area contributed by atoms with Gasteiger partial charge in [-0.25, -0.2) is 22.0 Å². The molecule has 0 bridgehead atoms. The maximum Gasteiger partial charge on any atom is 0.460 e. The summed E-state index contributed by atoms with van der Waals surface area (Å²) in [5.41, 5.74) is -7.05. The molecular formula is C18HF29O2. The predicted molar refractivity (Wildman–Crippen MR) is 88.8 cm³/mol. The van der Waals surface area contributed by atoms with Crippen molar-refractivity contribution < 1.29 is 137 Å². The average Bonchev–Trinajstić information content (AvgIpc) is 2.90. The van der Waals surface area contributed by atoms with E-state index < -0.39 is 107 Å². The van der Waals surface area contributed by atoms with E-state index in [0.29, 0.717) is 0 Å². The molecule has 2 atom stereocenters. The van der Waals surface area contributed by atoms with Gasteiger partial charge in [-0.05, 0) is 0 Å². The molecular weight excluding hydrogens is 799 g/mol. The maximum atomic E-state index is 14.2. The van der Waals surface area contributed by atoms with Crippen LogP contribution in [0.5, 0.6) is 0 Å². The van der Waals surface area contributed by atoms with Crippen LogP contribution in [-0.4, -0.2) is 83.4 Å². The van der Waals surface area contributed by atoms with Crippen LogP contribution < -0.4 is 0 Å². The summed E-state index contributed by atoms with van der Waals surface area (Å²) in [6, 6.07) is 0. The van der Waals surface area contributed by atoms with Crippen molar-refractivity contribution >= 4 is 5.78 Å². The van der Waals surface area contributed by atoms with Crippen molar-refractivity contribution in [3.63, 3.8) is 0 Å². The highest BCUT2D eigenvalue weighted by atomic mass is 19.4. The predicted octanol–water partition coefficient (Wildman–Crippen LogP) is 9.76. The van der Waals surface area contributed by atoms with Crippen molar-refractivity contribution in [3.05, 3.63) is 23.3 Å². The van der Waals surface area contributed by atoms with Gasteiger partial charge in [0, 0.05) is 0 Å². The standard InChI is InChI=1S/C18HF29O2/c19-1-2(20)4(22)7(5(23)3(1)21,6(48)8(24,25)26)49-18(46,47)16(41,42)14(37,38)12(33,34)10(29,30)9(27,28)11(31,32)13(35,36)15(39,40)17(43,44)45/h4H. The Bertz CT molecular complexity index is 1380. The first-order valence-corrected chi connectivity index (χ1v) is 10.4. The number of Topliss-reactive ketones (excluding diaryl/α,β-unsaturated/α-hetero) is 1. The molecule has 0 saturated carbocycles. The van der Waals surface area contributed by atoms with Gasteiger partial charge < -0.3 is 0 Å². The van der Waals surface area contributed by atoms with Gasteiger partial charge in [-0.15, -0.1) is 0 Å². The van der Waals surface area contributed by atoms with E-state index >= 15 is 0 Å². The van der Waals surface area contributed by atoms with Crippen molar-refractivity contribution in [1.29, 1.82) is 0 Å². The number of alkyl halides is 25. The van der Waals surface area contributed by atoms with Gasteiger partial charge in [-0.1, -0.05) is 0 Å². The monoisotopic (exact) mass is 800 g/mol. The number of carbonyl (C=O) groups is 1. The molecule has 0 aromatic carbocycles. The van der Waals surface area contributed by atoms with Gasteiger partial charge in [0.15, 0.2) is 29.5 Å². The van der Waals surface area contributed by atoms with Crippen molar-refractivity contribution in [2.45, 2.75) is 77.6 Å². The summed E-state index contributed by atoms with van der Waals surface area (Å²) in [4.78, 5) is 11.4. The molecule has 31 heteroatoms. The smallest absolute Gasteiger partial charge is 0.289 e. The Hall–Kier alpha value is -2.92. The molecule has 2 nitrogen and oxygen atoms in total. The molecule has 2 unspecified atom stereocenters. The highest BCUT2D eigenvalue weighted by molar-refractivity contribution is 5.96. The number of hydrogen-bond donors (Lipinski definition) is 0. The summed E-state index contributed by atoms with van der Waals surface area (Å²) in [6.45, 7) is 0. The molecule has 0 heterocycles. The van der Waals surface area contributed by atoms with E-state index in [1.54, 1.807) is 4.74 Å². The van der Waals surface area contributed by atoms with Crippen LogP contribution in [0, 0.1) is 0 Å². The second-order valence-electron chi connectivity index (χ2n) is 8.93. The van der Waals surface area contributed by atoms with Crippen LogP contribution >= 0.6 is 0 Å². The largest absolute Gasteiger partial charge is 0.460 e. The summed E-state index contributed by atoms with van der Waals surface area (Å²) in [5, 5.41) is 0. The number of carbonyl (C=O) groups excluding carboxylic acids is 1. The van der Waals surface area contributed by atoms with Gasteiger partial charge in [-0.2, -0.15) is 105 Å². The Morgan fingerprint density at radius 2 is 0.755 bits per heavy atom. The maximum absolute atomic E-state index is 14.2. The number of ketones is 1. The molecule has 1 aliphatic carbocycles. The third-order valence-corrected chi connectivity index (χ3v) is 5.87. The molecule has 49 heavy (non-hydrogen) atoms. The number of halogens is 29. The zero-order valence-corrected chi connectivity index (χ0v) is 20.9. The molecule has 0 saturated heterocycles. The topological polar surface area (TPSA) is 26.3 Å². The molecule has 0 N–H and O–H groups in total. The first-order chi connectivity index (χ1) is 20.9. The van der Waals surface area contributed by atoms with Gasteiger partial charge >= 0.3 is 65.8 Å². The normalized spacial score (nSPS) is 22.3. The van der Waals surface area contributed by atoms with Gasteiger partial charge in [0.25, 0.3) is 5.78 Å². The Kier molecular flexibility index (Phi) is 10.2. The van der Waals surface area contributed by atoms with E-state index in [1.807, 2.05) is 0 Å². The van der Waals surface area contributed by atoms with Crippen LogP contribution in [0.25, 0.3) is 0 Å². The fourth-order valence-electron chi connectivity index (χ4n) is 3.14. The molecule has 288 valence electrons. The van der Waals surface area contributed by atoms with Crippen molar-refractivity contribution in [1.82, 2.24) is 0 Å². The second-order valence-corrected chi connectivity index (χ2v) is 8.93. The Balaban J connectivity index is 4.07. The highest BCUT2D eigenvalue weighted by Gasteiger charge is 2.98. The van der Waals surface area contributed by atoms with E-state index in [1.165, 1.54) is 0 Å². The quantitative estimate of drug-likeness (QED) is 0.195. The van der Waals surface area contributed by atoms with Gasteiger partial charge in [0.05, 0.1) is 0 Å². The molecule has 0 aromatic heterocycles. The van der Waals surface area contributed by atoms with E-state index in [9.17, 15) is 132 Å². The Labute approximate surface area is 245 Å². The fraction of sp³-hybridized carbons (Fsp3) is 0.722. The summed E-state index contributed by atoms with van der Waals surface area (Å²) >= 11 is 0. The minimum Gasteiger partial charge on any atom is -0.289 e. The Morgan fingerprint density at radius 1 is 0.469 bits per heavy atom. The lowest BCUT2D eigenvalue weighted by atomic mass is 9.84. The lowest BCUT2D eigenvalue weighted by Crippen LogP contribution is -2.77. The highest BCUT2D eigenvalue weighted by Crippen LogP contribution is 2.67. The zero-order chi connectivity index (χ0) is 40.2. The molecule has 1 rings (SSSR count). The molecule has 0 amide bonds. The fourth-order valence-corrected chi connectivity index (χ4v) is 3.14. The SMILES string of the molecule is O=C(C(F)(F)F)C1(OC(F)(F)C(F)(F)C(F)(F)C(F)(F)C(F)(F)C(F)(F)C(F)(F)C(F)(F)C(F)(F)C(F)(F)F)C(F)=C(F)C(F)=C(F)C1F. The van der Waals surface area contributed by atoms with Gasteiger partial charge in [-0.3, -0.25) is 9.53 Å². The number of rotatable bonds is 11. The number of hydrogen-bond acceptors (Lipinski definition) is 2. The molecule has 0 aromatic rings. The minimum absolute atomic E-state index is 1.74. The van der Waals surface area contributed by atoms with Crippen molar-refractivity contribution in [2.24, 2.45) is 0 Å². The van der Waals surface area contributed by atoms with E-state index in [4.69, 9.17) is 0 Å². The van der Waals surface area contributed by atoms with Crippen molar-refractivity contribution in [3.8, 4) is 0 Å². The average molecular weight is 800 g/mol. The first-order valence-electron chi connectivity index (χ1n) is 10.4. The summed E-state index contributed by atoms with van der Waals surface area (Å²) in [6.07, 6.45) is -30.4. The molecule has 0 aliphatic heterocycles. The second kappa shape index (κ2) is 11.3. The zero-order valence-electron chi connectivity index (χ0n) is 20.9. The third kappa shape index (κ3) is 5.43. The van der Waals surface area contributed by atoms with Crippen LogP contribution in [0.15, 0.2) is 23.3 Å². The molecule has 0 fully saturated rings. The summed E-state index contributed by atoms with van der Waals surface area (Å²) in [7, 11) is 0. The van der Waals surface area contributed by atoms with Gasteiger partial charge in [0.2, 0.25) is 5.60 Å². The molecule has 1 aliphatic rings. The lowest BCUT2D eigenvalue weighted by molar-refractivity contribution is -0.488. The third-order valence-electron chi connectivity index (χ3n) is 5.87. The number of ether oxygens (including phenoxy) is 1. The van der Waals surface area contributed by atoms with E-state index in [0.717, 1.165) is 0 Å². The summed E-state index contributed by atoms with van der Waals surface area (Å²) < 4.78 is 391. The molecule has 0 spiro atoms. The van der Waals surface area contributed by atoms with Crippen LogP contribution in [0.4, 0.5) is 127 Å². The minimum atomic E-state index is -9.78. The van der Waals surface area contributed by atoms with E-state index in [-0.39, 0.29) is 0 Å². The Morgan fingerprint density at radius 3 is 1.04 bits per heavy atom. The lowest BCUT2D eigenvalue weighted by Gasteiger charge is -2.45. The molecule has 0 radical (unpaired) electrons. The van der Waals surface area contributed by atoms with E-state index in [2.05, 4.69) is 0 Å². The van der Waals surface area contributed by atoms with Crippen LogP contribution in [0.3, 0.4) is 0 Å². The van der Waals surface area contributed by atoms with Crippen LogP contribution in [0.1, 0.15) is 0 Å². The number of allylic oxidation sites excluding steroid dienone is 2. The van der Waals surface area contributed by atoms with Crippen LogP contribution in [0.2, 0.25) is 0 Å². The summed E-state index contributed by atoms with van der Waals surface area (Å²) in [5.74, 6) is -97.7. The first kappa shape index (κ1) is 44.1. The van der Waals surface area contributed by atoms with Crippen molar-refractivity contribution in [2.75, 3.05) is 0 Å². The van der Waals surface area contributed by atoms with Gasteiger partial charge in [0.1, 0.15) is 0 Å².